The van der Waals surface area contributed by atoms with Gasteiger partial charge in [-0.2, -0.15) is 0 Å². The number of carboxylic acid groups (broad SMARTS) is 1. The number of nitrogens with zero attached hydrogens (tertiary/aromatic N) is 3. The lowest BCUT2D eigenvalue weighted by Gasteiger charge is -2.39. The number of aromatic amines is 2. The number of pyridine rings is 1. The van der Waals surface area contributed by atoms with Crippen LogP contribution in [0, 0.1) is 0 Å². The zero-order chi connectivity index (χ0) is 20.0. The van der Waals surface area contributed by atoms with Crippen LogP contribution in [0.2, 0.25) is 0 Å². The largest absolute Gasteiger partial charge is 0.465 e. The Bertz CT molecular complexity index is 1130. The highest BCUT2D eigenvalue weighted by molar-refractivity contribution is 5.82. The third-order valence-electron chi connectivity index (χ3n) is 6.12. The fourth-order valence-corrected chi connectivity index (χ4v) is 4.50. The highest BCUT2D eigenvalue weighted by Gasteiger charge is 2.30. The summed E-state index contributed by atoms with van der Waals surface area (Å²) in [6.45, 7) is 2.84. The Kier molecular flexibility index (Phi) is 4.35. The maximum Gasteiger partial charge on any atom is 0.407 e. The maximum atomic E-state index is 12.6. The van der Waals surface area contributed by atoms with E-state index in [1.54, 1.807) is 0 Å². The van der Waals surface area contributed by atoms with Gasteiger partial charge in [0.25, 0.3) is 5.56 Å². The Morgan fingerprint density at radius 3 is 2.72 bits per heavy atom. The molecule has 0 aliphatic carbocycles. The van der Waals surface area contributed by atoms with E-state index < -0.39 is 6.09 Å². The third-order valence-corrected chi connectivity index (χ3v) is 6.12. The first-order valence-electron chi connectivity index (χ1n) is 10.0. The topological polar surface area (TPSA) is 105 Å². The van der Waals surface area contributed by atoms with Crippen molar-refractivity contribution < 1.29 is 9.90 Å². The fourth-order valence-electron chi connectivity index (χ4n) is 4.50. The molecule has 2 aromatic heterocycles. The molecular weight excluding hydrogens is 370 g/mol. The molecule has 1 saturated heterocycles. The van der Waals surface area contributed by atoms with Crippen LogP contribution in [0.5, 0.6) is 0 Å². The van der Waals surface area contributed by atoms with Crippen molar-refractivity contribution in [3.05, 3.63) is 52.1 Å². The molecule has 0 saturated carbocycles. The van der Waals surface area contributed by atoms with Crippen molar-refractivity contribution in [2.24, 2.45) is 0 Å². The number of fused-ring (bicyclic) bond motifs is 2. The van der Waals surface area contributed by atoms with Gasteiger partial charge in [0.15, 0.2) is 0 Å². The van der Waals surface area contributed by atoms with Crippen molar-refractivity contribution in [2.45, 2.75) is 31.8 Å². The third kappa shape index (κ3) is 3.29. The number of aromatic nitrogens is 3. The summed E-state index contributed by atoms with van der Waals surface area (Å²) in [5.74, 6) is 0.615. The number of hydrogen-bond acceptors (Lipinski definition) is 4. The van der Waals surface area contributed by atoms with Gasteiger partial charge in [-0.25, -0.2) is 9.78 Å². The number of para-hydroxylation sites is 1. The highest BCUT2D eigenvalue weighted by atomic mass is 16.4. The molecule has 1 amide bonds. The van der Waals surface area contributed by atoms with E-state index in [-0.39, 0.29) is 5.56 Å². The first-order valence-corrected chi connectivity index (χ1v) is 10.0. The van der Waals surface area contributed by atoms with Gasteiger partial charge in [-0.1, -0.05) is 18.2 Å². The number of likely N-dealkylation sites (tertiary alicyclic amines) is 1. The number of imidazole rings is 1. The van der Waals surface area contributed by atoms with Crippen LogP contribution in [-0.2, 0) is 13.0 Å². The maximum absolute atomic E-state index is 12.6. The lowest BCUT2D eigenvalue weighted by atomic mass is 10.0. The van der Waals surface area contributed by atoms with Crippen molar-refractivity contribution in [1.82, 2.24) is 24.8 Å². The Morgan fingerprint density at radius 1 is 1.14 bits per heavy atom. The average Bonchev–Trinajstić information content (AvgIpc) is 3.16. The van der Waals surface area contributed by atoms with E-state index in [9.17, 15) is 9.59 Å². The SMILES string of the molecule is O=C(O)N1CCC(N2CCc3nc(-c4cc5ccccc5[nH]c4=O)[nH]c3C2)CC1. The minimum absolute atomic E-state index is 0.146. The lowest BCUT2D eigenvalue weighted by Crippen LogP contribution is -2.47. The van der Waals surface area contributed by atoms with Gasteiger partial charge >= 0.3 is 6.09 Å². The molecule has 0 spiro atoms. The van der Waals surface area contributed by atoms with Gasteiger partial charge < -0.3 is 20.0 Å². The number of amides is 1. The molecule has 1 aromatic carbocycles. The van der Waals surface area contributed by atoms with Crippen molar-refractivity contribution in [3.63, 3.8) is 0 Å². The smallest absolute Gasteiger partial charge is 0.407 e. The van der Waals surface area contributed by atoms with E-state index in [4.69, 9.17) is 10.1 Å². The average molecular weight is 393 g/mol. The molecule has 150 valence electrons. The zero-order valence-electron chi connectivity index (χ0n) is 16.0. The Balaban J connectivity index is 1.37. The quantitative estimate of drug-likeness (QED) is 0.620. The second kappa shape index (κ2) is 7.04. The van der Waals surface area contributed by atoms with E-state index in [1.807, 2.05) is 30.3 Å². The number of nitrogens with one attached hydrogen (secondary N) is 2. The number of rotatable bonds is 2. The molecular formula is C21H23N5O3. The molecule has 3 N–H and O–H groups in total. The van der Waals surface area contributed by atoms with Gasteiger partial charge in [-0.3, -0.25) is 9.69 Å². The minimum atomic E-state index is -0.830. The number of carbonyl (C=O) groups is 1. The molecule has 5 rings (SSSR count). The van der Waals surface area contributed by atoms with Gasteiger partial charge in [0.1, 0.15) is 5.82 Å². The number of piperidine rings is 1. The van der Waals surface area contributed by atoms with E-state index in [2.05, 4.69) is 14.9 Å². The van der Waals surface area contributed by atoms with Crippen LogP contribution in [0.1, 0.15) is 24.2 Å². The van der Waals surface area contributed by atoms with E-state index >= 15 is 0 Å². The molecule has 0 unspecified atom stereocenters. The molecule has 2 aliphatic heterocycles. The van der Waals surface area contributed by atoms with Crippen molar-refractivity contribution in [3.8, 4) is 11.4 Å². The Hall–Kier alpha value is -3.13. The summed E-state index contributed by atoms with van der Waals surface area (Å²) >= 11 is 0. The van der Waals surface area contributed by atoms with Crippen LogP contribution in [0.25, 0.3) is 22.3 Å². The van der Waals surface area contributed by atoms with Crippen LogP contribution in [0.4, 0.5) is 4.79 Å². The minimum Gasteiger partial charge on any atom is -0.465 e. The van der Waals surface area contributed by atoms with Gasteiger partial charge in [-0.05, 0) is 30.4 Å². The van der Waals surface area contributed by atoms with Crippen LogP contribution in [0.3, 0.4) is 0 Å². The first kappa shape index (κ1) is 17.9. The summed E-state index contributed by atoms with van der Waals surface area (Å²) in [4.78, 5) is 38.6. The summed E-state index contributed by atoms with van der Waals surface area (Å²) < 4.78 is 0. The second-order valence-corrected chi connectivity index (χ2v) is 7.83. The van der Waals surface area contributed by atoms with Crippen molar-refractivity contribution >= 4 is 17.0 Å². The standard InChI is InChI=1S/C21H23N5O3/c27-20-15(11-13-3-1-2-4-16(13)24-20)19-22-17-7-10-26(12-18(17)23-19)14-5-8-25(9-6-14)21(28)29/h1-4,11,14H,5-10,12H2,(H,22,23)(H,24,27)(H,28,29). The van der Waals surface area contributed by atoms with E-state index in [1.165, 1.54) is 4.90 Å². The molecule has 0 bridgehead atoms. The Morgan fingerprint density at radius 2 is 1.93 bits per heavy atom. The number of hydrogen-bond donors (Lipinski definition) is 3. The van der Waals surface area contributed by atoms with Crippen molar-refractivity contribution in [2.75, 3.05) is 19.6 Å². The molecule has 4 heterocycles. The summed E-state index contributed by atoms with van der Waals surface area (Å²) in [5, 5.41) is 10.1. The summed E-state index contributed by atoms with van der Waals surface area (Å²) in [6, 6.07) is 9.99. The molecule has 8 nitrogen and oxygen atoms in total. The number of benzene rings is 1. The van der Waals surface area contributed by atoms with Crippen LogP contribution in [0.15, 0.2) is 35.1 Å². The fraction of sp³-hybridized carbons (Fsp3) is 0.381. The zero-order valence-corrected chi connectivity index (χ0v) is 16.0. The predicted octanol–water partition coefficient (Wildman–Crippen LogP) is 2.42. The number of H-pyrrole nitrogens is 2. The Labute approximate surface area is 167 Å². The van der Waals surface area contributed by atoms with Crippen LogP contribution >= 0.6 is 0 Å². The highest BCUT2D eigenvalue weighted by Crippen LogP contribution is 2.26. The normalized spacial score (nSPS) is 18.1. The molecule has 1 fully saturated rings. The summed E-state index contributed by atoms with van der Waals surface area (Å²) in [6.07, 6.45) is 1.71. The van der Waals surface area contributed by atoms with Crippen LogP contribution in [-0.4, -0.2) is 61.6 Å². The predicted molar refractivity (Wildman–Crippen MR) is 109 cm³/mol. The molecule has 2 aliphatic rings. The van der Waals surface area contributed by atoms with Gasteiger partial charge in [0.05, 0.1) is 17.0 Å². The first-order chi connectivity index (χ1) is 14.1. The van der Waals surface area contributed by atoms with Gasteiger partial charge in [0, 0.05) is 44.2 Å². The van der Waals surface area contributed by atoms with Gasteiger partial charge in [0.2, 0.25) is 0 Å². The van der Waals surface area contributed by atoms with E-state index in [0.29, 0.717) is 30.5 Å². The van der Waals surface area contributed by atoms with E-state index in [0.717, 1.165) is 54.6 Å². The monoisotopic (exact) mass is 393 g/mol. The second-order valence-electron chi connectivity index (χ2n) is 7.83. The summed E-state index contributed by atoms with van der Waals surface area (Å²) in [7, 11) is 0. The molecule has 0 radical (unpaired) electrons. The molecule has 3 aromatic rings. The molecule has 8 heteroatoms. The van der Waals surface area contributed by atoms with Crippen LogP contribution < -0.4 is 5.56 Å². The molecule has 0 atom stereocenters. The van der Waals surface area contributed by atoms with Crippen molar-refractivity contribution in [1.29, 1.82) is 0 Å². The van der Waals surface area contributed by atoms with Gasteiger partial charge in [-0.15, -0.1) is 0 Å². The molecule has 29 heavy (non-hydrogen) atoms. The lowest BCUT2D eigenvalue weighted by molar-refractivity contribution is 0.0876. The summed E-state index contributed by atoms with van der Waals surface area (Å²) in [5.41, 5.74) is 3.30.